The Morgan fingerprint density at radius 2 is 2.19 bits per heavy atom. The van der Waals surface area contributed by atoms with E-state index in [0.29, 0.717) is 5.92 Å². The molecule has 1 aromatic rings. The van der Waals surface area contributed by atoms with Crippen LogP contribution in [0.2, 0.25) is 0 Å². The second kappa shape index (κ2) is 4.99. The van der Waals surface area contributed by atoms with Crippen LogP contribution in [0.15, 0.2) is 16.9 Å². The van der Waals surface area contributed by atoms with Gasteiger partial charge in [-0.3, -0.25) is 9.48 Å². The lowest BCUT2D eigenvalue weighted by molar-refractivity contribution is -0.143. The highest BCUT2D eigenvalue weighted by molar-refractivity contribution is 9.10. The van der Waals surface area contributed by atoms with E-state index < -0.39 is 5.97 Å². The summed E-state index contributed by atoms with van der Waals surface area (Å²) >= 11 is 3.36. The van der Waals surface area contributed by atoms with Crippen LogP contribution >= 0.6 is 15.9 Å². The molecule has 0 amide bonds. The van der Waals surface area contributed by atoms with Crippen LogP contribution in [0.1, 0.15) is 25.7 Å². The first-order valence-corrected chi connectivity index (χ1v) is 6.35. The molecular formula is C11H15BrN2O2. The van der Waals surface area contributed by atoms with E-state index in [9.17, 15) is 4.79 Å². The molecule has 0 atom stereocenters. The van der Waals surface area contributed by atoms with Crippen LogP contribution < -0.4 is 0 Å². The highest BCUT2D eigenvalue weighted by Gasteiger charge is 2.25. The van der Waals surface area contributed by atoms with E-state index in [0.717, 1.165) is 36.7 Å². The van der Waals surface area contributed by atoms with E-state index in [2.05, 4.69) is 21.0 Å². The minimum atomic E-state index is -0.639. The van der Waals surface area contributed by atoms with Gasteiger partial charge in [-0.2, -0.15) is 5.10 Å². The monoisotopic (exact) mass is 286 g/mol. The predicted molar refractivity (Wildman–Crippen MR) is 63.0 cm³/mol. The fourth-order valence-corrected chi connectivity index (χ4v) is 2.62. The van der Waals surface area contributed by atoms with E-state index in [1.807, 2.05) is 10.9 Å². The van der Waals surface area contributed by atoms with Crippen LogP contribution in [-0.4, -0.2) is 20.9 Å². The van der Waals surface area contributed by atoms with Gasteiger partial charge < -0.3 is 5.11 Å². The normalized spacial score (nSPS) is 25.6. The second-order valence-corrected chi connectivity index (χ2v) is 5.35. The Labute approximate surface area is 103 Å². The van der Waals surface area contributed by atoms with Gasteiger partial charge in [-0.1, -0.05) is 0 Å². The van der Waals surface area contributed by atoms with Gasteiger partial charge in [0.15, 0.2) is 0 Å². The first kappa shape index (κ1) is 11.6. The number of halogens is 1. The molecule has 0 aliphatic heterocycles. The van der Waals surface area contributed by atoms with Crippen molar-refractivity contribution in [3.8, 4) is 0 Å². The van der Waals surface area contributed by atoms with Crippen molar-refractivity contribution in [2.75, 3.05) is 0 Å². The van der Waals surface area contributed by atoms with Crippen molar-refractivity contribution in [1.29, 1.82) is 0 Å². The van der Waals surface area contributed by atoms with Gasteiger partial charge in [0, 0.05) is 12.7 Å². The van der Waals surface area contributed by atoms with Crippen molar-refractivity contribution in [3.05, 3.63) is 16.9 Å². The van der Waals surface area contributed by atoms with Crippen molar-refractivity contribution in [1.82, 2.24) is 9.78 Å². The van der Waals surface area contributed by atoms with Gasteiger partial charge in [0.2, 0.25) is 0 Å². The van der Waals surface area contributed by atoms with E-state index in [4.69, 9.17) is 5.11 Å². The van der Waals surface area contributed by atoms with Gasteiger partial charge in [0.25, 0.3) is 0 Å². The molecule has 0 bridgehead atoms. The number of hydrogen-bond donors (Lipinski definition) is 1. The molecule has 16 heavy (non-hydrogen) atoms. The van der Waals surface area contributed by atoms with Crippen molar-refractivity contribution >= 4 is 21.9 Å². The Morgan fingerprint density at radius 1 is 1.50 bits per heavy atom. The van der Waals surface area contributed by atoms with E-state index in [1.165, 1.54) is 0 Å². The van der Waals surface area contributed by atoms with Gasteiger partial charge in [-0.15, -0.1) is 0 Å². The zero-order valence-corrected chi connectivity index (χ0v) is 10.6. The van der Waals surface area contributed by atoms with E-state index in [1.54, 1.807) is 6.20 Å². The highest BCUT2D eigenvalue weighted by Crippen LogP contribution is 2.29. The summed E-state index contributed by atoms with van der Waals surface area (Å²) in [5.41, 5.74) is 0. The van der Waals surface area contributed by atoms with Gasteiger partial charge in [0.1, 0.15) is 0 Å². The summed E-state index contributed by atoms with van der Waals surface area (Å²) in [6, 6.07) is 0. The zero-order valence-electron chi connectivity index (χ0n) is 8.97. The quantitative estimate of drug-likeness (QED) is 0.929. The lowest BCUT2D eigenvalue weighted by Gasteiger charge is -2.25. The van der Waals surface area contributed by atoms with Gasteiger partial charge in [0.05, 0.1) is 16.6 Å². The Hall–Kier alpha value is -0.840. The highest BCUT2D eigenvalue weighted by atomic mass is 79.9. The summed E-state index contributed by atoms with van der Waals surface area (Å²) in [5.74, 6) is -0.191. The van der Waals surface area contributed by atoms with Crippen LogP contribution in [0.3, 0.4) is 0 Å². The minimum absolute atomic E-state index is 0.124. The minimum Gasteiger partial charge on any atom is -0.481 e. The average molecular weight is 287 g/mol. The molecule has 1 heterocycles. The molecule has 5 heteroatoms. The van der Waals surface area contributed by atoms with Gasteiger partial charge in [-0.25, -0.2) is 0 Å². The van der Waals surface area contributed by atoms with Crippen LogP contribution in [-0.2, 0) is 11.3 Å². The van der Waals surface area contributed by atoms with Crippen LogP contribution in [0.25, 0.3) is 0 Å². The standard InChI is InChI=1S/C11H15BrN2O2/c12-10-5-13-14(7-10)6-8-1-3-9(4-2-8)11(15)16/h5,7-9H,1-4,6H2,(H,15,16). The lowest BCUT2D eigenvalue weighted by Crippen LogP contribution is -2.23. The Kier molecular flexibility index (Phi) is 3.63. The van der Waals surface area contributed by atoms with Gasteiger partial charge in [-0.05, 0) is 47.5 Å². The second-order valence-electron chi connectivity index (χ2n) is 4.44. The number of hydrogen-bond acceptors (Lipinski definition) is 2. The molecule has 1 saturated carbocycles. The van der Waals surface area contributed by atoms with E-state index in [-0.39, 0.29) is 5.92 Å². The third-order valence-corrected chi connectivity index (χ3v) is 3.65. The molecule has 1 fully saturated rings. The molecule has 0 aromatic carbocycles. The molecular weight excluding hydrogens is 272 g/mol. The topological polar surface area (TPSA) is 55.1 Å². The molecule has 0 saturated heterocycles. The summed E-state index contributed by atoms with van der Waals surface area (Å²) in [6.07, 6.45) is 7.35. The average Bonchev–Trinajstić information content (AvgIpc) is 2.65. The molecule has 0 spiro atoms. The molecule has 88 valence electrons. The Bertz CT molecular complexity index is 370. The van der Waals surface area contributed by atoms with Crippen molar-refractivity contribution in [2.45, 2.75) is 32.2 Å². The SMILES string of the molecule is O=C(O)C1CCC(Cn2cc(Br)cn2)CC1. The first-order valence-electron chi connectivity index (χ1n) is 5.56. The van der Waals surface area contributed by atoms with Crippen molar-refractivity contribution in [3.63, 3.8) is 0 Å². The lowest BCUT2D eigenvalue weighted by atomic mass is 9.82. The Morgan fingerprint density at radius 3 is 2.69 bits per heavy atom. The maximum absolute atomic E-state index is 10.8. The van der Waals surface area contributed by atoms with Crippen LogP contribution in [0.5, 0.6) is 0 Å². The third kappa shape index (κ3) is 2.84. The number of carboxylic acid groups (broad SMARTS) is 1. The Balaban J connectivity index is 1.83. The number of carboxylic acids is 1. The summed E-state index contributed by atoms with van der Waals surface area (Å²) in [7, 11) is 0. The molecule has 1 aliphatic carbocycles. The number of rotatable bonds is 3. The van der Waals surface area contributed by atoms with Crippen molar-refractivity contribution in [2.24, 2.45) is 11.8 Å². The maximum Gasteiger partial charge on any atom is 0.306 e. The maximum atomic E-state index is 10.8. The summed E-state index contributed by atoms with van der Waals surface area (Å²) < 4.78 is 2.92. The van der Waals surface area contributed by atoms with Crippen LogP contribution in [0.4, 0.5) is 0 Å². The summed E-state index contributed by atoms with van der Waals surface area (Å²) in [4.78, 5) is 10.8. The number of carbonyl (C=O) groups is 1. The molecule has 4 nitrogen and oxygen atoms in total. The van der Waals surface area contributed by atoms with Gasteiger partial charge >= 0.3 is 5.97 Å². The first-order chi connectivity index (χ1) is 7.65. The molecule has 1 N–H and O–H groups in total. The number of nitrogens with zero attached hydrogens (tertiary/aromatic N) is 2. The van der Waals surface area contributed by atoms with Crippen LogP contribution in [0, 0.1) is 11.8 Å². The fourth-order valence-electron chi connectivity index (χ4n) is 2.29. The summed E-state index contributed by atoms with van der Waals surface area (Å²) in [6.45, 7) is 0.901. The zero-order chi connectivity index (χ0) is 11.5. The molecule has 1 aromatic heterocycles. The predicted octanol–water partition coefficient (Wildman–Crippen LogP) is 2.54. The number of aliphatic carboxylic acids is 1. The van der Waals surface area contributed by atoms with Crippen molar-refractivity contribution < 1.29 is 9.90 Å². The molecule has 0 unspecified atom stereocenters. The molecule has 0 radical (unpaired) electrons. The summed E-state index contributed by atoms with van der Waals surface area (Å²) in [5, 5.41) is 13.1. The number of aromatic nitrogens is 2. The van der Waals surface area contributed by atoms with E-state index >= 15 is 0 Å². The largest absolute Gasteiger partial charge is 0.481 e. The smallest absolute Gasteiger partial charge is 0.306 e. The molecule has 2 rings (SSSR count). The molecule has 1 aliphatic rings. The third-order valence-electron chi connectivity index (χ3n) is 3.24. The fraction of sp³-hybridized carbons (Fsp3) is 0.636.